The molecule has 0 bridgehead atoms. The number of rotatable bonds is 5. The minimum absolute atomic E-state index is 0.0657. The fourth-order valence-corrected chi connectivity index (χ4v) is 3.56. The lowest BCUT2D eigenvalue weighted by Crippen LogP contribution is -2.24. The van der Waals surface area contributed by atoms with Crippen LogP contribution in [-0.4, -0.2) is 5.91 Å². The summed E-state index contributed by atoms with van der Waals surface area (Å²) in [5.74, 6) is -0.0657. The van der Waals surface area contributed by atoms with Crippen molar-refractivity contribution in [1.29, 1.82) is 0 Å². The Kier molecular flexibility index (Phi) is 5.68. The molecule has 0 radical (unpaired) electrons. The highest BCUT2D eigenvalue weighted by atomic mass is 16.1. The number of allylic oxidation sites excluding steroid dienone is 3. The van der Waals surface area contributed by atoms with Crippen LogP contribution in [-0.2, 0) is 24.3 Å². The molecule has 0 saturated carbocycles. The first kappa shape index (κ1) is 18.9. The van der Waals surface area contributed by atoms with Crippen molar-refractivity contribution in [2.45, 2.75) is 19.5 Å². The highest BCUT2D eigenvalue weighted by Gasteiger charge is 2.18. The zero-order chi connectivity index (χ0) is 20.1. The van der Waals surface area contributed by atoms with E-state index in [4.69, 9.17) is 5.73 Å². The van der Waals surface area contributed by atoms with Crippen LogP contribution in [0.15, 0.2) is 91.0 Å². The number of hydrogen-bond donors (Lipinski definition) is 2. The summed E-state index contributed by atoms with van der Waals surface area (Å²) in [6, 6.07) is 26.3. The van der Waals surface area contributed by atoms with E-state index in [0.29, 0.717) is 18.7 Å². The van der Waals surface area contributed by atoms with Gasteiger partial charge < -0.3 is 11.1 Å². The van der Waals surface area contributed by atoms with E-state index >= 15 is 0 Å². The smallest absolute Gasteiger partial charge is 0.252 e. The van der Waals surface area contributed by atoms with Crippen molar-refractivity contribution < 1.29 is 4.79 Å². The van der Waals surface area contributed by atoms with Gasteiger partial charge in [0, 0.05) is 18.7 Å². The zero-order valence-corrected chi connectivity index (χ0v) is 16.3. The Morgan fingerprint density at radius 3 is 2.31 bits per heavy atom. The number of nitrogens with two attached hydrogens (primary N) is 1. The first-order valence-electron chi connectivity index (χ1n) is 9.86. The highest BCUT2D eigenvalue weighted by molar-refractivity contribution is 6.22. The lowest BCUT2D eigenvalue weighted by molar-refractivity contribution is -0.115. The molecule has 144 valence electrons. The minimum Gasteiger partial charge on any atom is -0.348 e. The second-order valence-electron chi connectivity index (χ2n) is 7.15. The Labute approximate surface area is 171 Å². The van der Waals surface area contributed by atoms with Crippen LogP contribution in [0.1, 0.15) is 27.8 Å². The molecule has 0 saturated heterocycles. The molecule has 0 fully saturated rings. The van der Waals surface area contributed by atoms with Crippen molar-refractivity contribution in [3.63, 3.8) is 0 Å². The van der Waals surface area contributed by atoms with E-state index in [-0.39, 0.29) is 5.91 Å². The standard InChI is InChI=1S/C26H24N2O/c27-17-19-10-12-20(13-11-19)18-28-26(29)25-16-23(21-6-2-1-3-7-21)15-14-22-8-4-5-9-24(22)25/h1-13,15-16H,14,17-18,27H2,(H,28,29). The van der Waals surface area contributed by atoms with Crippen LogP contribution in [0.3, 0.4) is 0 Å². The summed E-state index contributed by atoms with van der Waals surface area (Å²) >= 11 is 0. The molecular weight excluding hydrogens is 356 g/mol. The van der Waals surface area contributed by atoms with Gasteiger partial charge in [0.2, 0.25) is 0 Å². The van der Waals surface area contributed by atoms with Gasteiger partial charge in [0.25, 0.3) is 5.91 Å². The molecule has 0 spiro atoms. The van der Waals surface area contributed by atoms with Crippen molar-refractivity contribution in [2.75, 3.05) is 0 Å². The van der Waals surface area contributed by atoms with E-state index in [1.807, 2.05) is 66.7 Å². The molecule has 3 N–H and O–H groups in total. The first-order valence-corrected chi connectivity index (χ1v) is 9.86. The maximum absolute atomic E-state index is 13.2. The number of hydrogen-bond acceptors (Lipinski definition) is 2. The van der Waals surface area contributed by atoms with Gasteiger partial charge in [-0.2, -0.15) is 0 Å². The topological polar surface area (TPSA) is 55.1 Å². The molecule has 3 nitrogen and oxygen atoms in total. The predicted octanol–water partition coefficient (Wildman–Crippen LogP) is 4.48. The van der Waals surface area contributed by atoms with Gasteiger partial charge in [0.15, 0.2) is 0 Å². The van der Waals surface area contributed by atoms with Crippen molar-refractivity contribution in [3.8, 4) is 0 Å². The molecule has 3 heteroatoms. The molecule has 3 aromatic carbocycles. The summed E-state index contributed by atoms with van der Waals surface area (Å²) in [4.78, 5) is 13.2. The number of fused-ring (bicyclic) bond motifs is 1. The Hall–Kier alpha value is -3.43. The number of benzene rings is 3. The van der Waals surface area contributed by atoms with Gasteiger partial charge >= 0.3 is 0 Å². The van der Waals surface area contributed by atoms with E-state index in [1.165, 1.54) is 0 Å². The van der Waals surface area contributed by atoms with Crippen molar-refractivity contribution in [3.05, 3.63) is 119 Å². The third-order valence-electron chi connectivity index (χ3n) is 5.21. The van der Waals surface area contributed by atoms with Crippen LogP contribution < -0.4 is 11.1 Å². The minimum atomic E-state index is -0.0657. The van der Waals surface area contributed by atoms with Crippen LogP contribution >= 0.6 is 0 Å². The average Bonchev–Trinajstić information content (AvgIpc) is 2.98. The van der Waals surface area contributed by atoms with E-state index in [9.17, 15) is 4.79 Å². The molecule has 4 rings (SSSR count). The number of amides is 1. The summed E-state index contributed by atoms with van der Waals surface area (Å²) in [7, 11) is 0. The van der Waals surface area contributed by atoms with Gasteiger partial charge in [-0.15, -0.1) is 0 Å². The van der Waals surface area contributed by atoms with Crippen molar-refractivity contribution >= 4 is 17.1 Å². The maximum atomic E-state index is 13.2. The Balaban J connectivity index is 1.62. The summed E-state index contributed by atoms with van der Waals surface area (Å²) in [5.41, 5.74) is 12.8. The zero-order valence-electron chi connectivity index (χ0n) is 16.3. The molecular formula is C26H24N2O. The van der Waals surface area contributed by atoms with Gasteiger partial charge in [0.05, 0.1) is 0 Å². The van der Waals surface area contributed by atoms with Crippen LogP contribution in [0.5, 0.6) is 0 Å². The van der Waals surface area contributed by atoms with E-state index in [2.05, 4.69) is 29.6 Å². The molecule has 0 aliphatic heterocycles. The van der Waals surface area contributed by atoms with Gasteiger partial charge in [-0.25, -0.2) is 0 Å². The predicted molar refractivity (Wildman–Crippen MR) is 119 cm³/mol. The molecule has 0 aromatic heterocycles. The Morgan fingerprint density at radius 1 is 0.862 bits per heavy atom. The third kappa shape index (κ3) is 4.36. The Bertz CT molecular complexity index is 1060. The SMILES string of the molecule is NCc1ccc(CNC(=O)C2=CC(c3ccccc3)=CCc3ccccc32)cc1. The van der Waals surface area contributed by atoms with E-state index < -0.39 is 0 Å². The maximum Gasteiger partial charge on any atom is 0.252 e. The quantitative estimate of drug-likeness (QED) is 0.685. The van der Waals surface area contributed by atoms with Crippen LogP contribution in [0.4, 0.5) is 0 Å². The van der Waals surface area contributed by atoms with Gasteiger partial charge in [0.1, 0.15) is 0 Å². The largest absolute Gasteiger partial charge is 0.348 e. The molecule has 1 aliphatic rings. The second-order valence-corrected chi connectivity index (χ2v) is 7.15. The summed E-state index contributed by atoms with van der Waals surface area (Å²) in [6.07, 6.45) is 5.00. The van der Waals surface area contributed by atoms with Crippen molar-refractivity contribution in [2.24, 2.45) is 5.73 Å². The number of nitrogens with one attached hydrogen (secondary N) is 1. The van der Waals surface area contributed by atoms with Gasteiger partial charge in [-0.3, -0.25) is 4.79 Å². The second kappa shape index (κ2) is 8.72. The molecule has 3 aromatic rings. The lowest BCUT2D eigenvalue weighted by atomic mass is 9.97. The van der Waals surface area contributed by atoms with Crippen molar-refractivity contribution in [1.82, 2.24) is 5.32 Å². The van der Waals surface area contributed by atoms with Gasteiger partial charge in [-0.1, -0.05) is 84.9 Å². The Morgan fingerprint density at radius 2 is 1.55 bits per heavy atom. The summed E-state index contributed by atoms with van der Waals surface area (Å²) in [6.45, 7) is 0.998. The van der Waals surface area contributed by atoms with E-state index in [0.717, 1.165) is 39.8 Å². The average molecular weight is 380 g/mol. The molecule has 1 aliphatic carbocycles. The fourth-order valence-electron chi connectivity index (χ4n) is 3.56. The molecule has 0 unspecified atom stereocenters. The fraction of sp³-hybridized carbons (Fsp3) is 0.115. The van der Waals surface area contributed by atoms with Gasteiger partial charge in [-0.05, 0) is 45.9 Å². The normalized spacial score (nSPS) is 13.0. The molecule has 29 heavy (non-hydrogen) atoms. The highest BCUT2D eigenvalue weighted by Crippen LogP contribution is 2.29. The summed E-state index contributed by atoms with van der Waals surface area (Å²) in [5, 5.41) is 3.08. The first-order chi connectivity index (χ1) is 14.2. The number of carbonyl (C=O) groups is 1. The van der Waals surface area contributed by atoms with Crippen LogP contribution in [0, 0.1) is 0 Å². The number of carbonyl (C=O) groups excluding carboxylic acids is 1. The lowest BCUT2D eigenvalue weighted by Gasteiger charge is -2.12. The molecule has 0 heterocycles. The summed E-state index contributed by atoms with van der Waals surface area (Å²) < 4.78 is 0. The van der Waals surface area contributed by atoms with Crippen LogP contribution in [0.25, 0.3) is 11.1 Å². The monoisotopic (exact) mass is 380 g/mol. The third-order valence-corrected chi connectivity index (χ3v) is 5.21. The van der Waals surface area contributed by atoms with Crippen LogP contribution in [0.2, 0.25) is 0 Å². The van der Waals surface area contributed by atoms with E-state index in [1.54, 1.807) is 0 Å². The molecule has 0 atom stereocenters. The molecule has 1 amide bonds.